The van der Waals surface area contributed by atoms with Crippen LogP contribution in [0.4, 0.5) is 0 Å². The average Bonchev–Trinajstić information content (AvgIpc) is 3.16. The number of thiophene rings is 1. The number of aliphatic hydroxyl groups excluding tert-OH is 2. The molecule has 1 aromatic heterocycles. The second-order valence-corrected chi connectivity index (χ2v) is 8.24. The Bertz CT molecular complexity index is 591. The van der Waals surface area contributed by atoms with Crippen molar-refractivity contribution in [1.82, 2.24) is 0 Å². The molecule has 0 aliphatic carbocycles. The highest BCUT2D eigenvalue weighted by Gasteiger charge is 2.11. The van der Waals surface area contributed by atoms with E-state index in [9.17, 15) is 15.0 Å². The van der Waals surface area contributed by atoms with Crippen LogP contribution in [0.3, 0.4) is 0 Å². The summed E-state index contributed by atoms with van der Waals surface area (Å²) in [5.74, 6) is -0.243. The molecular formula is C23H36O4S. The molecule has 0 fully saturated rings. The molecule has 2 N–H and O–H groups in total. The first-order valence-electron chi connectivity index (χ1n) is 10.4. The van der Waals surface area contributed by atoms with Crippen LogP contribution in [0.5, 0.6) is 0 Å². The van der Waals surface area contributed by atoms with Crippen LogP contribution in [0.1, 0.15) is 87.0 Å². The maximum Gasteiger partial charge on any atom is 0.305 e. The Morgan fingerprint density at radius 3 is 2.57 bits per heavy atom. The number of aliphatic hydroxyl groups is 2. The molecule has 158 valence electrons. The molecule has 2 unspecified atom stereocenters. The number of rotatable bonds is 15. The molecule has 0 aliphatic rings. The van der Waals surface area contributed by atoms with Crippen LogP contribution in [-0.4, -0.2) is 29.4 Å². The molecule has 1 heterocycles. The van der Waals surface area contributed by atoms with Crippen LogP contribution in [0.2, 0.25) is 0 Å². The highest BCUT2D eigenvalue weighted by molar-refractivity contribution is 7.12. The maximum atomic E-state index is 11.1. The highest BCUT2D eigenvalue weighted by atomic mass is 32.1. The molecule has 0 saturated carbocycles. The number of carbonyl (C=O) groups is 1. The van der Waals surface area contributed by atoms with Crippen molar-refractivity contribution in [1.29, 1.82) is 0 Å². The Morgan fingerprint density at radius 1 is 1.07 bits per heavy atom. The maximum absolute atomic E-state index is 11.1. The minimum Gasteiger partial charge on any atom is -0.469 e. The van der Waals surface area contributed by atoms with Crippen LogP contribution in [-0.2, 0) is 9.53 Å². The summed E-state index contributed by atoms with van der Waals surface area (Å²) in [5, 5.41) is 20.2. The number of methoxy groups -OCH3 is 1. The minimum atomic E-state index is -0.550. The van der Waals surface area contributed by atoms with Gasteiger partial charge in [0.1, 0.15) is 0 Å². The molecule has 5 heteroatoms. The first-order valence-corrected chi connectivity index (χ1v) is 11.3. The van der Waals surface area contributed by atoms with Crippen molar-refractivity contribution >= 4 is 23.4 Å². The SMILES string of the molecule is CCCCCCCCC(O)/C=C/C=C/c1ccc(C(O)CCCC(=O)OC)s1. The molecule has 0 aromatic carbocycles. The molecule has 0 radical (unpaired) electrons. The van der Waals surface area contributed by atoms with Gasteiger partial charge in [-0.15, -0.1) is 11.3 Å². The van der Waals surface area contributed by atoms with Gasteiger partial charge in [0.05, 0.1) is 19.3 Å². The van der Waals surface area contributed by atoms with Crippen LogP contribution < -0.4 is 0 Å². The minimum absolute atomic E-state index is 0.243. The van der Waals surface area contributed by atoms with E-state index in [4.69, 9.17) is 0 Å². The van der Waals surface area contributed by atoms with E-state index in [0.717, 1.165) is 22.6 Å². The number of hydrogen-bond acceptors (Lipinski definition) is 5. The van der Waals surface area contributed by atoms with E-state index < -0.39 is 6.10 Å². The van der Waals surface area contributed by atoms with Crippen LogP contribution in [0, 0.1) is 0 Å². The van der Waals surface area contributed by atoms with Gasteiger partial charge in [-0.1, -0.05) is 63.7 Å². The smallest absolute Gasteiger partial charge is 0.305 e. The van der Waals surface area contributed by atoms with Crippen LogP contribution in [0.15, 0.2) is 30.4 Å². The molecule has 0 aliphatic heterocycles. The summed E-state index contributed by atoms with van der Waals surface area (Å²) in [4.78, 5) is 13.1. The highest BCUT2D eigenvalue weighted by Crippen LogP contribution is 2.27. The molecule has 4 nitrogen and oxygen atoms in total. The Morgan fingerprint density at radius 2 is 1.82 bits per heavy atom. The molecule has 28 heavy (non-hydrogen) atoms. The largest absolute Gasteiger partial charge is 0.469 e. The number of esters is 1. The summed E-state index contributed by atoms with van der Waals surface area (Å²) in [7, 11) is 1.37. The predicted octanol–water partition coefficient (Wildman–Crippen LogP) is 5.81. The third-order valence-electron chi connectivity index (χ3n) is 4.62. The van der Waals surface area contributed by atoms with Gasteiger partial charge in [0.25, 0.3) is 0 Å². The fraction of sp³-hybridized carbons (Fsp3) is 0.609. The first kappa shape index (κ1) is 24.6. The molecule has 1 aromatic rings. The molecule has 0 amide bonds. The lowest BCUT2D eigenvalue weighted by Gasteiger charge is -2.07. The van der Waals surface area contributed by atoms with E-state index >= 15 is 0 Å². The summed E-state index contributed by atoms with van der Waals surface area (Å²) >= 11 is 1.54. The average molecular weight is 409 g/mol. The van der Waals surface area contributed by atoms with Gasteiger partial charge in [-0.3, -0.25) is 4.79 Å². The second kappa shape index (κ2) is 15.5. The lowest BCUT2D eigenvalue weighted by Crippen LogP contribution is -2.01. The lowest BCUT2D eigenvalue weighted by atomic mass is 10.1. The van der Waals surface area contributed by atoms with Gasteiger partial charge in [-0.25, -0.2) is 0 Å². The third kappa shape index (κ3) is 11.4. The second-order valence-electron chi connectivity index (χ2n) is 7.09. The number of unbranched alkanes of at least 4 members (excludes halogenated alkanes) is 5. The van der Waals surface area contributed by atoms with Crippen molar-refractivity contribution in [2.24, 2.45) is 0 Å². The Hall–Kier alpha value is -1.43. The topological polar surface area (TPSA) is 66.8 Å². The molecule has 0 spiro atoms. The zero-order valence-electron chi connectivity index (χ0n) is 17.3. The van der Waals surface area contributed by atoms with Gasteiger partial charge in [-0.05, 0) is 37.5 Å². The fourth-order valence-corrected chi connectivity index (χ4v) is 3.84. The number of carbonyl (C=O) groups excluding carboxylic acids is 1. The van der Waals surface area contributed by atoms with Crippen molar-refractivity contribution in [3.63, 3.8) is 0 Å². The van der Waals surface area contributed by atoms with E-state index in [1.807, 2.05) is 36.4 Å². The van der Waals surface area contributed by atoms with Crippen molar-refractivity contribution < 1.29 is 19.7 Å². The Labute approximate surface area is 173 Å². The van der Waals surface area contributed by atoms with Crippen molar-refractivity contribution in [3.05, 3.63) is 40.1 Å². The van der Waals surface area contributed by atoms with Gasteiger partial charge in [0, 0.05) is 16.2 Å². The van der Waals surface area contributed by atoms with Crippen molar-refractivity contribution in [3.8, 4) is 0 Å². The third-order valence-corrected chi connectivity index (χ3v) is 5.77. The quantitative estimate of drug-likeness (QED) is 0.218. The Kier molecular flexibility index (Phi) is 13.6. The monoisotopic (exact) mass is 408 g/mol. The van der Waals surface area contributed by atoms with Gasteiger partial charge in [-0.2, -0.15) is 0 Å². The zero-order valence-corrected chi connectivity index (χ0v) is 18.1. The molecule has 0 bridgehead atoms. The summed E-state index contributed by atoms with van der Waals surface area (Å²) < 4.78 is 4.60. The van der Waals surface area contributed by atoms with Gasteiger partial charge >= 0.3 is 5.97 Å². The van der Waals surface area contributed by atoms with E-state index in [2.05, 4.69) is 11.7 Å². The summed E-state index contributed by atoms with van der Waals surface area (Å²) in [6, 6.07) is 3.89. The standard InChI is InChI=1S/C23H36O4S/c1-3-4-5-6-7-8-12-19(24)13-9-10-14-20-17-18-22(28-20)21(25)15-11-16-23(26)27-2/h9-10,13-14,17-19,21,24-25H,3-8,11-12,15-16H2,1-2H3/b13-9+,14-10+. The number of hydrogen-bond donors (Lipinski definition) is 2. The lowest BCUT2D eigenvalue weighted by molar-refractivity contribution is -0.140. The molecule has 2 atom stereocenters. The zero-order chi connectivity index (χ0) is 20.6. The summed E-state index contributed by atoms with van der Waals surface area (Å²) in [5.41, 5.74) is 0. The van der Waals surface area contributed by atoms with Gasteiger partial charge in [0.2, 0.25) is 0 Å². The fourth-order valence-electron chi connectivity index (χ4n) is 2.89. The van der Waals surface area contributed by atoms with Crippen molar-refractivity contribution in [2.75, 3.05) is 7.11 Å². The predicted molar refractivity (Wildman–Crippen MR) is 117 cm³/mol. The summed E-state index contributed by atoms with van der Waals surface area (Å²) in [6.07, 6.45) is 16.4. The first-order chi connectivity index (χ1) is 13.6. The van der Waals surface area contributed by atoms with E-state index in [0.29, 0.717) is 19.3 Å². The van der Waals surface area contributed by atoms with E-state index in [1.165, 1.54) is 50.6 Å². The van der Waals surface area contributed by atoms with Gasteiger partial charge in [0.15, 0.2) is 0 Å². The van der Waals surface area contributed by atoms with Crippen LogP contribution >= 0.6 is 11.3 Å². The van der Waals surface area contributed by atoms with E-state index in [1.54, 1.807) is 0 Å². The van der Waals surface area contributed by atoms with Crippen LogP contribution in [0.25, 0.3) is 6.08 Å². The molecule has 0 saturated heterocycles. The summed E-state index contributed by atoms with van der Waals surface area (Å²) in [6.45, 7) is 2.22. The van der Waals surface area contributed by atoms with Crippen molar-refractivity contribution in [2.45, 2.75) is 83.3 Å². The molecular weight excluding hydrogens is 372 g/mol. The Balaban J connectivity index is 2.27. The van der Waals surface area contributed by atoms with Gasteiger partial charge < -0.3 is 14.9 Å². The number of allylic oxidation sites excluding steroid dienone is 2. The normalized spacial score (nSPS) is 14.0. The number of ether oxygens (including phenoxy) is 1. The molecule has 1 rings (SSSR count). The van der Waals surface area contributed by atoms with E-state index in [-0.39, 0.29) is 12.1 Å².